The predicted octanol–water partition coefficient (Wildman–Crippen LogP) is 5.81. The minimum absolute atomic E-state index is 0.0675. The van der Waals surface area contributed by atoms with E-state index in [1.165, 1.54) is 22.8 Å². The summed E-state index contributed by atoms with van der Waals surface area (Å²) < 4.78 is 0. The molecule has 0 aliphatic carbocycles. The summed E-state index contributed by atoms with van der Waals surface area (Å²) >= 11 is 12.0. The van der Waals surface area contributed by atoms with E-state index in [4.69, 9.17) is 23.2 Å². The van der Waals surface area contributed by atoms with Crippen molar-refractivity contribution in [3.8, 4) is 0 Å². The molecule has 0 fully saturated rings. The van der Waals surface area contributed by atoms with Crippen molar-refractivity contribution in [3.05, 3.63) is 74.3 Å². The quantitative estimate of drug-likeness (QED) is 0.684. The van der Waals surface area contributed by atoms with E-state index in [9.17, 15) is 4.79 Å². The highest BCUT2D eigenvalue weighted by Crippen LogP contribution is 2.23. The van der Waals surface area contributed by atoms with E-state index in [2.05, 4.69) is 38.2 Å². The van der Waals surface area contributed by atoms with Crippen LogP contribution in [0, 0.1) is 20.8 Å². The molecular weight excluding hydrogens is 341 g/mol. The second-order valence-electron chi connectivity index (χ2n) is 6.02. The molecule has 0 saturated heterocycles. The molecule has 0 radical (unpaired) electrons. The van der Waals surface area contributed by atoms with Crippen LogP contribution in [0.1, 0.15) is 40.8 Å². The summed E-state index contributed by atoms with van der Waals surface area (Å²) in [6.07, 6.45) is 3.18. The Hall–Kier alpha value is -1.77. The number of hydrogen-bond donors (Lipinski definition) is 1. The highest BCUT2D eigenvalue weighted by molar-refractivity contribution is 6.35. The summed E-state index contributed by atoms with van der Waals surface area (Å²) in [5, 5.41) is 4.08. The van der Waals surface area contributed by atoms with Crippen LogP contribution in [0.3, 0.4) is 0 Å². The normalized spacial score (nSPS) is 12.4. The lowest BCUT2D eigenvalue weighted by Gasteiger charge is -2.17. The molecule has 126 valence electrons. The maximum atomic E-state index is 12.2. The molecule has 2 nitrogen and oxygen atoms in total. The second-order valence-corrected chi connectivity index (χ2v) is 6.87. The van der Waals surface area contributed by atoms with Crippen LogP contribution in [0.2, 0.25) is 10.0 Å². The van der Waals surface area contributed by atoms with Gasteiger partial charge in [-0.25, -0.2) is 0 Å². The Morgan fingerprint density at radius 3 is 2.38 bits per heavy atom. The summed E-state index contributed by atoms with van der Waals surface area (Å²) in [6.45, 7) is 8.22. The number of rotatable bonds is 4. The van der Waals surface area contributed by atoms with Gasteiger partial charge in [-0.2, -0.15) is 0 Å². The van der Waals surface area contributed by atoms with Crippen LogP contribution in [0.25, 0.3) is 6.08 Å². The Morgan fingerprint density at radius 2 is 1.71 bits per heavy atom. The summed E-state index contributed by atoms with van der Waals surface area (Å²) in [7, 11) is 0. The smallest absolute Gasteiger partial charge is 0.244 e. The Labute approximate surface area is 153 Å². The third-order valence-corrected chi connectivity index (χ3v) is 4.65. The van der Waals surface area contributed by atoms with E-state index in [1.807, 2.05) is 6.92 Å². The first-order valence-corrected chi connectivity index (χ1v) is 8.55. The largest absolute Gasteiger partial charge is 0.346 e. The number of aryl methyl sites for hydroxylation is 3. The predicted molar refractivity (Wildman–Crippen MR) is 103 cm³/mol. The minimum atomic E-state index is -0.161. The number of hydrogen-bond acceptors (Lipinski definition) is 1. The lowest BCUT2D eigenvalue weighted by molar-refractivity contribution is -0.117. The molecule has 1 atom stereocenters. The Bertz CT molecular complexity index is 796. The third-order valence-electron chi connectivity index (χ3n) is 4.08. The maximum Gasteiger partial charge on any atom is 0.244 e. The van der Waals surface area contributed by atoms with Crippen molar-refractivity contribution in [3.63, 3.8) is 0 Å². The molecule has 1 N–H and O–H groups in total. The molecule has 2 aromatic rings. The molecule has 2 aromatic carbocycles. The Balaban J connectivity index is 2.09. The first kappa shape index (κ1) is 18.6. The Kier molecular flexibility index (Phi) is 6.09. The van der Waals surface area contributed by atoms with Gasteiger partial charge < -0.3 is 5.32 Å². The summed E-state index contributed by atoms with van der Waals surface area (Å²) in [4.78, 5) is 12.2. The van der Waals surface area contributed by atoms with Crippen LogP contribution in [-0.2, 0) is 4.79 Å². The maximum absolute atomic E-state index is 12.2. The summed E-state index contributed by atoms with van der Waals surface area (Å²) in [5.74, 6) is -0.161. The van der Waals surface area contributed by atoms with Gasteiger partial charge in [0.05, 0.1) is 6.04 Å². The first-order chi connectivity index (χ1) is 11.3. The highest BCUT2D eigenvalue weighted by atomic mass is 35.5. The lowest BCUT2D eigenvalue weighted by atomic mass is 9.96. The van der Waals surface area contributed by atoms with Gasteiger partial charge in [-0.15, -0.1) is 0 Å². The molecular formula is C20H21Cl2NO. The van der Waals surface area contributed by atoms with Crippen LogP contribution in [0.15, 0.2) is 36.4 Å². The third kappa shape index (κ3) is 4.62. The fourth-order valence-electron chi connectivity index (χ4n) is 2.59. The standard InChI is InChI=1S/C20H21Cl2NO/c1-12-9-14(3)18(10-13(12)2)15(4)23-20(24)8-6-16-5-7-17(21)11-19(16)22/h5-11,15H,1-4H3,(H,23,24)/b8-6+/t15-/m0/s1. The highest BCUT2D eigenvalue weighted by Gasteiger charge is 2.11. The molecule has 0 heterocycles. The van der Waals surface area contributed by atoms with Gasteiger partial charge in [0, 0.05) is 16.1 Å². The molecule has 0 bridgehead atoms. The van der Waals surface area contributed by atoms with Crippen molar-refractivity contribution in [2.75, 3.05) is 0 Å². The van der Waals surface area contributed by atoms with Crippen molar-refractivity contribution in [2.24, 2.45) is 0 Å². The van der Waals surface area contributed by atoms with Gasteiger partial charge in [0.2, 0.25) is 5.91 Å². The van der Waals surface area contributed by atoms with Crippen LogP contribution in [0.4, 0.5) is 0 Å². The number of amides is 1. The average molecular weight is 362 g/mol. The summed E-state index contributed by atoms with van der Waals surface area (Å²) in [5.41, 5.74) is 5.54. The van der Waals surface area contributed by atoms with Gasteiger partial charge >= 0.3 is 0 Å². The number of benzene rings is 2. The topological polar surface area (TPSA) is 29.1 Å². The zero-order valence-electron chi connectivity index (χ0n) is 14.3. The van der Waals surface area contributed by atoms with Crippen molar-refractivity contribution < 1.29 is 4.79 Å². The zero-order chi connectivity index (χ0) is 17.9. The first-order valence-electron chi connectivity index (χ1n) is 7.79. The fraction of sp³-hybridized carbons (Fsp3) is 0.250. The molecule has 2 rings (SSSR count). The lowest BCUT2D eigenvalue weighted by Crippen LogP contribution is -2.25. The second kappa shape index (κ2) is 7.87. The van der Waals surface area contributed by atoms with Crippen LogP contribution >= 0.6 is 23.2 Å². The van der Waals surface area contributed by atoms with Crippen molar-refractivity contribution in [2.45, 2.75) is 33.7 Å². The van der Waals surface area contributed by atoms with E-state index in [0.29, 0.717) is 10.0 Å². The van der Waals surface area contributed by atoms with E-state index < -0.39 is 0 Å². The van der Waals surface area contributed by atoms with E-state index >= 15 is 0 Å². The molecule has 0 aliphatic heterocycles. The van der Waals surface area contributed by atoms with E-state index in [-0.39, 0.29) is 11.9 Å². The average Bonchev–Trinajstić information content (AvgIpc) is 2.50. The number of nitrogens with one attached hydrogen (secondary N) is 1. The van der Waals surface area contributed by atoms with Gasteiger partial charge in [0.1, 0.15) is 0 Å². The van der Waals surface area contributed by atoms with Crippen molar-refractivity contribution in [1.82, 2.24) is 5.32 Å². The van der Waals surface area contributed by atoms with Crippen molar-refractivity contribution >= 4 is 35.2 Å². The molecule has 0 aromatic heterocycles. The SMILES string of the molecule is Cc1cc(C)c([C@H](C)NC(=O)/C=C/c2ccc(Cl)cc2Cl)cc1C. The molecule has 1 amide bonds. The van der Waals surface area contributed by atoms with E-state index in [0.717, 1.165) is 11.1 Å². The number of carbonyl (C=O) groups excluding carboxylic acids is 1. The van der Waals surface area contributed by atoms with Gasteiger partial charge in [0.25, 0.3) is 0 Å². The van der Waals surface area contributed by atoms with E-state index in [1.54, 1.807) is 24.3 Å². The van der Waals surface area contributed by atoms with Gasteiger partial charge in [-0.3, -0.25) is 4.79 Å². The van der Waals surface area contributed by atoms with Crippen molar-refractivity contribution in [1.29, 1.82) is 0 Å². The molecule has 0 saturated carbocycles. The monoisotopic (exact) mass is 361 g/mol. The number of halogens is 2. The van der Waals surface area contributed by atoms with Crippen LogP contribution < -0.4 is 5.32 Å². The number of carbonyl (C=O) groups is 1. The Morgan fingerprint density at radius 1 is 1.04 bits per heavy atom. The summed E-state index contributed by atoms with van der Waals surface area (Å²) in [6, 6.07) is 9.40. The van der Waals surface area contributed by atoms with Gasteiger partial charge in [-0.05, 0) is 73.7 Å². The molecule has 0 aliphatic rings. The van der Waals surface area contributed by atoms with Crippen LogP contribution in [-0.4, -0.2) is 5.91 Å². The molecule has 24 heavy (non-hydrogen) atoms. The minimum Gasteiger partial charge on any atom is -0.346 e. The zero-order valence-corrected chi connectivity index (χ0v) is 15.8. The van der Waals surface area contributed by atoms with Gasteiger partial charge in [-0.1, -0.05) is 41.4 Å². The molecule has 0 unspecified atom stereocenters. The fourth-order valence-corrected chi connectivity index (χ4v) is 3.06. The molecule has 0 spiro atoms. The molecule has 4 heteroatoms. The van der Waals surface area contributed by atoms with Crippen LogP contribution in [0.5, 0.6) is 0 Å². The van der Waals surface area contributed by atoms with Gasteiger partial charge in [0.15, 0.2) is 0 Å².